The van der Waals surface area contributed by atoms with Crippen molar-refractivity contribution < 1.29 is 27.8 Å². The van der Waals surface area contributed by atoms with Gasteiger partial charge in [-0.15, -0.1) is 0 Å². The second-order valence-electron chi connectivity index (χ2n) is 3.69. The summed E-state index contributed by atoms with van der Waals surface area (Å²) in [6.45, 7) is 0. The van der Waals surface area contributed by atoms with Crippen LogP contribution in [0.15, 0.2) is 12.1 Å². The van der Waals surface area contributed by atoms with Crippen LogP contribution in [0.3, 0.4) is 0 Å². The predicted molar refractivity (Wildman–Crippen MR) is 58.8 cm³/mol. The summed E-state index contributed by atoms with van der Waals surface area (Å²) < 4.78 is 46.6. The maximum absolute atomic E-state index is 12.3. The maximum atomic E-state index is 12.3. The Morgan fingerprint density at radius 1 is 1.28 bits per heavy atom. The number of hydrogen-bond acceptors (Lipinski definition) is 4. The quantitative estimate of drug-likeness (QED) is 0.877. The molecular formula is C11H14F3NO3. The van der Waals surface area contributed by atoms with E-state index in [1.165, 1.54) is 26.4 Å². The van der Waals surface area contributed by atoms with E-state index >= 15 is 0 Å². The lowest BCUT2D eigenvalue weighted by Gasteiger charge is -2.19. The average Bonchev–Trinajstić information content (AvgIpc) is 2.24. The molecule has 0 radical (unpaired) electrons. The standard InChI is InChI=1S/C11H14F3NO3/c1-17-6-3-8(16)10(9(4-6)18-2)7(15)5-11(12,13)14/h3-4,7,16H,5,15H2,1-2H3/t7-/m0/s1. The van der Waals surface area contributed by atoms with Crippen molar-refractivity contribution in [1.29, 1.82) is 0 Å². The zero-order valence-electron chi connectivity index (χ0n) is 9.91. The van der Waals surface area contributed by atoms with Crippen molar-refractivity contribution in [2.24, 2.45) is 5.73 Å². The summed E-state index contributed by atoms with van der Waals surface area (Å²) in [6.07, 6.45) is -5.67. The van der Waals surface area contributed by atoms with Gasteiger partial charge < -0.3 is 20.3 Å². The van der Waals surface area contributed by atoms with E-state index in [9.17, 15) is 18.3 Å². The molecule has 0 spiro atoms. The van der Waals surface area contributed by atoms with Gasteiger partial charge in [-0.2, -0.15) is 13.2 Å². The van der Waals surface area contributed by atoms with Crippen LogP contribution in [0, 0.1) is 0 Å². The molecule has 18 heavy (non-hydrogen) atoms. The number of benzene rings is 1. The van der Waals surface area contributed by atoms with E-state index in [1.54, 1.807) is 0 Å². The van der Waals surface area contributed by atoms with Crippen LogP contribution in [0.4, 0.5) is 13.2 Å². The van der Waals surface area contributed by atoms with Gasteiger partial charge in [0.2, 0.25) is 0 Å². The lowest BCUT2D eigenvalue weighted by Crippen LogP contribution is -2.21. The minimum absolute atomic E-state index is 0.0589. The van der Waals surface area contributed by atoms with Gasteiger partial charge in [0.25, 0.3) is 0 Å². The molecule has 0 saturated heterocycles. The Bertz CT molecular complexity index is 421. The van der Waals surface area contributed by atoms with Crippen LogP contribution in [-0.4, -0.2) is 25.5 Å². The first-order chi connectivity index (χ1) is 8.28. The fourth-order valence-electron chi connectivity index (χ4n) is 1.60. The smallest absolute Gasteiger partial charge is 0.390 e. The summed E-state index contributed by atoms with van der Waals surface area (Å²) >= 11 is 0. The minimum Gasteiger partial charge on any atom is -0.507 e. The fourth-order valence-corrected chi connectivity index (χ4v) is 1.60. The van der Waals surface area contributed by atoms with Crippen LogP contribution in [0.25, 0.3) is 0 Å². The van der Waals surface area contributed by atoms with Gasteiger partial charge >= 0.3 is 6.18 Å². The lowest BCUT2D eigenvalue weighted by molar-refractivity contribution is -0.138. The molecule has 1 atom stereocenters. The van der Waals surface area contributed by atoms with Crippen molar-refractivity contribution in [3.63, 3.8) is 0 Å². The number of alkyl halides is 3. The first-order valence-electron chi connectivity index (χ1n) is 5.05. The molecule has 1 aromatic rings. The van der Waals surface area contributed by atoms with Crippen LogP contribution >= 0.6 is 0 Å². The van der Waals surface area contributed by atoms with Gasteiger partial charge in [0.1, 0.15) is 17.2 Å². The van der Waals surface area contributed by atoms with Crippen LogP contribution in [-0.2, 0) is 0 Å². The summed E-state index contributed by atoms with van der Waals surface area (Å²) in [5.74, 6) is -0.0566. The Morgan fingerprint density at radius 3 is 2.33 bits per heavy atom. The molecule has 0 aliphatic carbocycles. The highest BCUT2D eigenvalue weighted by Gasteiger charge is 2.33. The number of hydrogen-bond donors (Lipinski definition) is 2. The topological polar surface area (TPSA) is 64.7 Å². The van der Waals surface area contributed by atoms with Gasteiger partial charge in [0, 0.05) is 18.2 Å². The second kappa shape index (κ2) is 5.34. The molecule has 102 valence electrons. The Morgan fingerprint density at radius 2 is 1.89 bits per heavy atom. The van der Waals surface area contributed by atoms with E-state index in [1.807, 2.05) is 0 Å². The highest BCUT2D eigenvalue weighted by atomic mass is 19.4. The monoisotopic (exact) mass is 265 g/mol. The Balaban J connectivity index is 3.14. The molecule has 0 amide bonds. The zero-order chi connectivity index (χ0) is 13.9. The molecule has 0 aromatic heterocycles. The molecule has 0 saturated carbocycles. The molecule has 1 aromatic carbocycles. The SMILES string of the molecule is COc1cc(O)c([C@@H](N)CC(F)(F)F)c(OC)c1. The molecule has 0 unspecified atom stereocenters. The van der Waals surface area contributed by atoms with Crippen molar-refractivity contribution in [2.75, 3.05) is 14.2 Å². The van der Waals surface area contributed by atoms with E-state index in [2.05, 4.69) is 0 Å². The summed E-state index contributed by atoms with van der Waals surface area (Å²) in [5, 5.41) is 9.69. The second-order valence-corrected chi connectivity index (χ2v) is 3.69. The van der Waals surface area contributed by atoms with Crippen LogP contribution in [0.2, 0.25) is 0 Å². The number of phenolic OH excluding ortho intramolecular Hbond substituents is 1. The van der Waals surface area contributed by atoms with Gasteiger partial charge in [0.05, 0.1) is 26.2 Å². The Hall–Kier alpha value is -1.63. The van der Waals surface area contributed by atoms with Crippen molar-refractivity contribution in [1.82, 2.24) is 0 Å². The molecule has 0 bridgehead atoms. The molecule has 4 nitrogen and oxygen atoms in total. The highest BCUT2D eigenvalue weighted by molar-refractivity contribution is 5.51. The van der Waals surface area contributed by atoms with Crippen LogP contribution in [0.1, 0.15) is 18.0 Å². The minimum atomic E-state index is -4.42. The third-order valence-corrected chi connectivity index (χ3v) is 2.37. The van der Waals surface area contributed by atoms with Crippen LogP contribution < -0.4 is 15.2 Å². The van der Waals surface area contributed by atoms with Crippen molar-refractivity contribution >= 4 is 0 Å². The molecular weight excluding hydrogens is 251 g/mol. The maximum Gasteiger partial charge on any atom is 0.390 e. The van der Waals surface area contributed by atoms with Gasteiger partial charge in [-0.25, -0.2) is 0 Å². The molecule has 0 fully saturated rings. The number of ether oxygens (including phenoxy) is 2. The van der Waals surface area contributed by atoms with Gasteiger partial charge in [-0.3, -0.25) is 0 Å². The first-order valence-corrected chi connectivity index (χ1v) is 5.05. The number of halogens is 3. The summed E-state index contributed by atoms with van der Waals surface area (Å²) in [5.41, 5.74) is 5.36. The normalized spacial score (nSPS) is 13.2. The highest BCUT2D eigenvalue weighted by Crippen LogP contribution is 2.40. The molecule has 0 heterocycles. The van der Waals surface area contributed by atoms with E-state index in [4.69, 9.17) is 15.2 Å². The van der Waals surface area contributed by atoms with Crippen molar-refractivity contribution in [3.05, 3.63) is 17.7 Å². The fraction of sp³-hybridized carbons (Fsp3) is 0.455. The van der Waals surface area contributed by atoms with Gasteiger partial charge in [-0.05, 0) is 0 Å². The van der Waals surface area contributed by atoms with E-state index in [-0.39, 0.29) is 22.8 Å². The van der Waals surface area contributed by atoms with E-state index in [0.29, 0.717) is 0 Å². The largest absolute Gasteiger partial charge is 0.507 e. The molecule has 0 aliphatic heterocycles. The molecule has 1 rings (SSSR count). The summed E-state index contributed by atoms with van der Waals surface area (Å²) in [6, 6.07) is 1.16. The molecule has 3 N–H and O–H groups in total. The van der Waals surface area contributed by atoms with Crippen molar-refractivity contribution in [2.45, 2.75) is 18.6 Å². The number of methoxy groups -OCH3 is 2. The number of phenols is 1. The lowest BCUT2D eigenvalue weighted by atomic mass is 10.0. The predicted octanol–water partition coefficient (Wildman–Crippen LogP) is 2.36. The molecule has 7 heteroatoms. The number of aromatic hydroxyl groups is 1. The van der Waals surface area contributed by atoms with Crippen molar-refractivity contribution in [3.8, 4) is 17.2 Å². The Labute approximate surface area is 102 Å². The summed E-state index contributed by atoms with van der Waals surface area (Å²) in [4.78, 5) is 0. The zero-order valence-corrected chi connectivity index (χ0v) is 9.91. The first kappa shape index (κ1) is 14.4. The van der Waals surface area contributed by atoms with Gasteiger partial charge in [-0.1, -0.05) is 0 Å². The van der Waals surface area contributed by atoms with Gasteiger partial charge in [0.15, 0.2) is 0 Å². The van der Waals surface area contributed by atoms with E-state index in [0.717, 1.165) is 0 Å². The third kappa shape index (κ3) is 3.43. The van der Waals surface area contributed by atoms with E-state index < -0.39 is 18.6 Å². The number of nitrogens with two attached hydrogens (primary N) is 1. The third-order valence-electron chi connectivity index (χ3n) is 2.37. The average molecular weight is 265 g/mol. The Kier molecular flexibility index (Phi) is 4.28. The van der Waals surface area contributed by atoms with Crippen LogP contribution in [0.5, 0.6) is 17.2 Å². The summed E-state index contributed by atoms with van der Waals surface area (Å²) in [7, 11) is 2.64. The molecule has 0 aliphatic rings. The number of rotatable bonds is 4.